The quantitative estimate of drug-likeness (QED) is 0.885. The first kappa shape index (κ1) is 10.9. The van der Waals surface area contributed by atoms with Crippen LogP contribution in [0.25, 0.3) is 11.3 Å². The summed E-state index contributed by atoms with van der Waals surface area (Å²) in [5, 5.41) is 6.67. The second-order valence-corrected chi connectivity index (χ2v) is 4.41. The number of carbonyl (C=O) groups excluding carboxylic acids is 1. The maximum absolute atomic E-state index is 10.9. The van der Waals surface area contributed by atoms with Gasteiger partial charge in [0.15, 0.2) is 0 Å². The van der Waals surface area contributed by atoms with Crippen molar-refractivity contribution in [3.8, 4) is 11.3 Å². The largest absolute Gasteiger partial charge is 0.364 e. The van der Waals surface area contributed by atoms with Crippen LogP contribution in [0.5, 0.6) is 0 Å². The Labute approximate surface area is 101 Å². The molecule has 16 heavy (non-hydrogen) atoms. The van der Waals surface area contributed by atoms with Crippen LogP contribution in [0.1, 0.15) is 16.1 Å². The van der Waals surface area contributed by atoms with Crippen molar-refractivity contribution in [2.24, 2.45) is 5.73 Å². The Kier molecular flexibility index (Phi) is 2.78. The molecule has 0 saturated heterocycles. The molecule has 1 aromatic carbocycles. The van der Waals surface area contributed by atoms with Crippen molar-refractivity contribution in [1.82, 2.24) is 10.2 Å². The molecule has 2 rings (SSSR count). The number of aryl methyl sites for hydroxylation is 1. The number of carbonyl (C=O) groups is 1. The molecule has 0 atom stereocenters. The molecule has 0 aliphatic heterocycles. The molecule has 2 aromatic rings. The van der Waals surface area contributed by atoms with Gasteiger partial charge in [-0.05, 0) is 30.7 Å². The molecule has 1 aromatic heterocycles. The molecule has 82 valence electrons. The van der Waals surface area contributed by atoms with Crippen molar-refractivity contribution in [2.45, 2.75) is 6.92 Å². The summed E-state index contributed by atoms with van der Waals surface area (Å²) in [6, 6.07) is 7.55. The van der Waals surface area contributed by atoms with E-state index in [9.17, 15) is 4.79 Å². The lowest BCUT2D eigenvalue weighted by Crippen LogP contribution is -2.10. The highest BCUT2D eigenvalue weighted by Crippen LogP contribution is 2.25. The fraction of sp³-hybridized carbons (Fsp3) is 0.0909. The van der Waals surface area contributed by atoms with Gasteiger partial charge in [0.25, 0.3) is 5.91 Å². The summed E-state index contributed by atoms with van der Waals surface area (Å²) in [4.78, 5) is 10.9. The highest BCUT2D eigenvalue weighted by molar-refractivity contribution is 9.10. The predicted octanol–water partition coefficient (Wildman–Crippen LogP) is 2.25. The SMILES string of the molecule is Cc1ccc(Br)cc1-c1cc(C(N)=O)[nH]n1. The standard InChI is InChI=1S/C11H10BrN3O/c1-6-2-3-7(12)4-8(6)9-5-10(11(13)16)15-14-9/h2-5H,1H3,(H2,13,16)(H,14,15). The van der Waals surface area contributed by atoms with E-state index in [4.69, 9.17) is 5.73 Å². The van der Waals surface area contributed by atoms with Gasteiger partial charge in [-0.3, -0.25) is 9.89 Å². The van der Waals surface area contributed by atoms with Crippen LogP contribution in [-0.2, 0) is 0 Å². The third kappa shape index (κ3) is 1.99. The molecule has 0 saturated carbocycles. The van der Waals surface area contributed by atoms with Crippen LogP contribution < -0.4 is 5.73 Å². The van der Waals surface area contributed by atoms with Gasteiger partial charge in [-0.2, -0.15) is 5.10 Å². The maximum Gasteiger partial charge on any atom is 0.266 e. The Hall–Kier alpha value is -1.62. The summed E-state index contributed by atoms with van der Waals surface area (Å²) >= 11 is 3.40. The number of nitrogens with two attached hydrogens (primary N) is 1. The lowest BCUT2D eigenvalue weighted by molar-refractivity contribution is 0.0995. The molecule has 0 bridgehead atoms. The topological polar surface area (TPSA) is 71.8 Å². The van der Waals surface area contributed by atoms with Gasteiger partial charge in [0.2, 0.25) is 0 Å². The minimum absolute atomic E-state index is 0.314. The van der Waals surface area contributed by atoms with E-state index < -0.39 is 5.91 Å². The van der Waals surface area contributed by atoms with E-state index in [1.54, 1.807) is 6.07 Å². The van der Waals surface area contributed by atoms with Crippen LogP contribution in [0.15, 0.2) is 28.7 Å². The second-order valence-electron chi connectivity index (χ2n) is 3.49. The average Bonchev–Trinajstić information content (AvgIpc) is 2.70. The summed E-state index contributed by atoms with van der Waals surface area (Å²) < 4.78 is 0.969. The van der Waals surface area contributed by atoms with Crippen molar-refractivity contribution in [3.63, 3.8) is 0 Å². The summed E-state index contributed by atoms with van der Waals surface area (Å²) in [5.74, 6) is -0.508. The normalized spacial score (nSPS) is 10.4. The Balaban J connectivity index is 2.50. The number of hydrogen-bond acceptors (Lipinski definition) is 2. The number of aromatic nitrogens is 2. The van der Waals surface area contributed by atoms with Crippen LogP contribution in [0.4, 0.5) is 0 Å². The lowest BCUT2D eigenvalue weighted by atomic mass is 10.1. The van der Waals surface area contributed by atoms with Crippen molar-refractivity contribution in [2.75, 3.05) is 0 Å². The van der Waals surface area contributed by atoms with Crippen molar-refractivity contribution in [3.05, 3.63) is 40.0 Å². The number of benzene rings is 1. The van der Waals surface area contributed by atoms with Gasteiger partial charge < -0.3 is 5.73 Å². The molecule has 0 aliphatic rings. The summed E-state index contributed by atoms with van der Waals surface area (Å²) in [6.07, 6.45) is 0. The Morgan fingerprint density at radius 3 is 2.81 bits per heavy atom. The summed E-state index contributed by atoms with van der Waals surface area (Å²) in [5.41, 5.74) is 8.24. The van der Waals surface area contributed by atoms with Crippen molar-refractivity contribution < 1.29 is 4.79 Å². The van der Waals surface area contributed by atoms with Gasteiger partial charge in [-0.15, -0.1) is 0 Å². The monoisotopic (exact) mass is 279 g/mol. The first-order valence-corrected chi connectivity index (χ1v) is 5.49. The molecule has 5 heteroatoms. The molecule has 1 amide bonds. The molecular formula is C11H10BrN3O. The highest BCUT2D eigenvalue weighted by atomic mass is 79.9. The Bertz CT molecular complexity index is 548. The molecule has 0 fully saturated rings. The molecule has 1 heterocycles. The van der Waals surface area contributed by atoms with Gasteiger partial charge in [0, 0.05) is 10.0 Å². The minimum Gasteiger partial charge on any atom is -0.364 e. The molecule has 0 aliphatic carbocycles. The number of primary amides is 1. The number of nitrogens with one attached hydrogen (secondary N) is 1. The van der Waals surface area contributed by atoms with Gasteiger partial charge in [0.1, 0.15) is 5.69 Å². The number of hydrogen-bond donors (Lipinski definition) is 2. The summed E-state index contributed by atoms with van der Waals surface area (Å²) in [6.45, 7) is 1.99. The van der Waals surface area contributed by atoms with Crippen LogP contribution in [0, 0.1) is 6.92 Å². The molecule has 0 spiro atoms. The molecule has 0 unspecified atom stereocenters. The van der Waals surface area contributed by atoms with Crippen LogP contribution in [-0.4, -0.2) is 16.1 Å². The molecule has 4 nitrogen and oxygen atoms in total. The fourth-order valence-electron chi connectivity index (χ4n) is 1.46. The zero-order chi connectivity index (χ0) is 11.7. The van der Waals surface area contributed by atoms with Crippen LogP contribution in [0.3, 0.4) is 0 Å². The zero-order valence-electron chi connectivity index (χ0n) is 8.62. The van der Waals surface area contributed by atoms with E-state index in [-0.39, 0.29) is 0 Å². The number of halogens is 1. The van der Waals surface area contributed by atoms with Gasteiger partial charge >= 0.3 is 0 Å². The van der Waals surface area contributed by atoms with Crippen molar-refractivity contribution >= 4 is 21.8 Å². The molecular weight excluding hydrogens is 270 g/mol. The maximum atomic E-state index is 10.9. The number of rotatable bonds is 2. The predicted molar refractivity (Wildman–Crippen MR) is 65.0 cm³/mol. The van der Waals surface area contributed by atoms with E-state index in [0.717, 1.165) is 15.6 Å². The fourth-order valence-corrected chi connectivity index (χ4v) is 1.82. The van der Waals surface area contributed by atoms with E-state index >= 15 is 0 Å². The van der Waals surface area contributed by atoms with Crippen LogP contribution >= 0.6 is 15.9 Å². The van der Waals surface area contributed by atoms with Gasteiger partial charge in [0.05, 0.1) is 5.69 Å². The van der Waals surface area contributed by atoms with E-state index in [1.165, 1.54) is 0 Å². The van der Waals surface area contributed by atoms with E-state index in [2.05, 4.69) is 26.1 Å². The molecule has 3 N–H and O–H groups in total. The second kappa shape index (κ2) is 4.09. The van der Waals surface area contributed by atoms with Gasteiger partial charge in [-0.1, -0.05) is 22.0 Å². The van der Waals surface area contributed by atoms with E-state index in [1.807, 2.05) is 25.1 Å². The number of H-pyrrole nitrogens is 1. The molecule has 0 radical (unpaired) electrons. The first-order valence-electron chi connectivity index (χ1n) is 4.69. The zero-order valence-corrected chi connectivity index (χ0v) is 10.2. The van der Waals surface area contributed by atoms with Crippen LogP contribution in [0.2, 0.25) is 0 Å². The lowest BCUT2D eigenvalue weighted by Gasteiger charge is -2.02. The highest BCUT2D eigenvalue weighted by Gasteiger charge is 2.09. The Morgan fingerprint density at radius 2 is 2.19 bits per heavy atom. The number of amides is 1. The number of nitrogens with zero attached hydrogens (tertiary/aromatic N) is 1. The van der Waals surface area contributed by atoms with Gasteiger partial charge in [-0.25, -0.2) is 0 Å². The van der Waals surface area contributed by atoms with Crippen molar-refractivity contribution in [1.29, 1.82) is 0 Å². The Morgan fingerprint density at radius 1 is 1.44 bits per heavy atom. The average molecular weight is 280 g/mol. The summed E-state index contributed by atoms with van der Waals surface area (Å²) in [7, 11) is 0. The van der Waals surface area contributed by atoms with E-state index in [0.29, 0.717) is 11.4 Å². The smallest absolute Gasteiger partial charge is 0.266 e. The third-order valence-corrected chi connectivity index (χ3v) is 2.81. The minimum atomic E-state index is -0.508. The number of aromatic amines is 1. The third-order valence-electron chi connectivity index (χ3n) is 2.32. The first-order chi connectivity index (χ1) is 7.58.